The highest BCUT2D eigenvalue weighted by molar-refractivity contribution is 5.99. The third-order valence-corrected chi connectivity index (χ3v) is 4.15. The lowest BCUT2D eigenvalue weighted by Crippen LogP contribution is -2.44. The van der Waals surface area contributed by atoms with Crippen LogP contribution in [-0.2, 0) is 17.8 Å². The van der Waals surface area contributed by atoms with Crippen molar-refractivity contribution in [1.29, 1.82) is 0 Å². The molecule has 0 fully saturated rings. The van der Waals surface area contributed by atoms with Gasteiger partial charge in [0.25, 0.3) is 5.91 Å². The zero-order valence-electron chi connectivity index (χ0n) is 13.7. The molecular formula is C19H19NO4. The molecule has 0 aliphatic carbocycles. The predicted molar refractivity (Wildman–Crippen MR) is 90.5 cm³/mol. The molecule has 0 aromatic heterocycles. The van der Waals surface area contributed by atoms with Crippen molar-refractivity contribution in [2.24, 2.45) is 0 Å². The summed E-state index contributed by atoms with van der Waals surface area (Å²) in [5.41, 5.74) is 2.83. The van der Waals surface area contributed by atoms with E-state index in [2.05, 4.69) is 6.92 Å². The van der Waals surface area contributed by atoms with Gasteiger partial charge in [-0.3, -0.25) is 4.79 Å². The fraction of sp³-hybridized carbons (Fsp3) is 0.263. The largest absolute Gasteiger partial charge is 0.479 e. The number of carbonyl (C=O) groups excluding carboxylic acids is 1. The number of carboxylic acids is 1. The van der Waals surface area contributed by atoms with Crippen molar-refractivity contribution in [2.75, 3.05) is 4.90 Å². The number of hydrogen-bond acceptors (Lipinski definition) is 3. The number of rotatable bonds is 4. The number of ether oxygens (including phenoxy) is 1. The summed E-state index contributed by atoms with van der Waals surface area (Å²) in [5, 5.41) is 9.13. The fourth-order valence-electron chi connectivity index (χ4n) is 2.82. The maximum Gasteiger partial charge on any atom is 0.335 e. The number of anilines is 1. The SMILES string of the molecule is CCc1ccc2c(c1)N(Cc1cccc(C(=O)O)c1)C(=O)C(C)O2. The summed E-state index contributed by atoms with van der Waals surface area (Å²) in [6.07, 6.45) is 0.298. The molecule has 1 atom stereocenters. The number of fused-ring (bicyclic) bond motifs is 1. The smallest absolute Gasteiger partial charge is 0.335 e. The number of aromatic carboxylic acids is 1. The first-order valence-electron chi connectivity index (χ1n) is 7.92. The average Bonchev–Trinajstić information content (AvgIpc) is 2.59. The van der Waals surface area contributed by atoms with E-state index >= 15 is 0 Å². The second-order valence-electron chi connectivity index (χ2n) is 5.85. The van der Waals surface area contributed by atoms with Gasteiger partial charge in [-0.05, 0) is 48.7 Å². The van der Waals surface area contributed by atoms with E-state index < -0.39 is 12.1 Å². The van der Waals surface area contributed by atoms with Gasteiger partial charge in [0.15, 0.2) is 6.10 Å². The summed E-state index contributed by atoms with van der Waals surface area (Å²) in [6, 6.07) is 12.5. The van der Waals surface area contributed by atoms with Crippen LogP contribution >= 0.6 is 0 Å². The van der Waals surface area contributed by atoms with Gasteiger partial charge in [0.05, 0.1) is 17.8 Å². The Kier molecular flexibility index (Phi) is 4.25. The van der Waals surface area contributed by atoms with Gasteiger partial charge in [-0.2, -0.15) is 0 Å². The minimum atomic E-state index is -0.979. The van der Waals surface area contributed by atoms with Crippen LogP contribution in [-0.4, -0.2) is 23.1 Å². The third-order valence-electron chi connectivity index (χ3n) is 4.15. The van der Waals surface area contributed by atoms with E-state index in [-0.39, 0.29) is 11.5 Å². The molecule has 1 amide bonds. The Labute approximate surface area is 140 Å². The van der Waals surface area contributed by atoms with E-state index in [0.29, 0.717) is 12.3 Å². The number of benzene rings is 2. The van der Waals surface area contributed by atoms with E-state index in [1.807, 2.05) is 24.3 Å². The zero-order valence-corrected chi connectivity index (χ0v) is 13.7. The summed E-state index contributed by atoms with van der Waals surface area (Å²) in [5.74, 6) is -0.433. The number of amides is 1. The summed E-state index contributed by atoms with van der Waals surface area (Å²) in [7, 11) is 0. The molecule has 5 nitrogen and oxygen atoms in total. The maximum atomic E-state index is 12.6. The Morgan fingerprint density at radius 2 is 2.00 bits per heavy atom. The van der Waals surface area contributed by atoms with Crippen molar-refractivity contribution in [2.45, 2.75) is 32.9 Å². The summed E-state index contributed by atoms with van der Waals surface area (Å²) in [4.78, 5) is 25.4. The van der Waals surface area contributed by atoms with Crippen LogP contribution < -0.4 is 9.64 Å². The molecule has 0 spiro atoms. The second-order valence-corrected chi connectivity index (χ2v) is 5.85. The van der Waals surface area contributed by atoms with E-state index in [0.717, 1.165) is 23.2 Å². The molecule has 0 radical (unpaired) electrons. The molecule has 1 heterocycles. The van der Waals surface area contributed by atoms with Crippen molar-refractivity contribution < 1.29 is 19.4 Å². The van der Waals surface area contributed by atoms with Gasteiger partial charge in [-0.1, -0.05) is 25.1 Å². The molecule has 124 valence electrons. The van der Waals surface area contributed by atoms with Gasteiger partial charge in [-0.15, -0.1) is 0 Å². The molecule has 1 aliphatic rings. The molecule has 0 saturated carbocycles. The minimum Gasteiger partial charge on any atom is -0.479 e. The molecule has 0 bridgehead atoms. The highest BCUT2D eigenvalue weighted by Crippen LogP contribution is 2.36. The first kappa shape index (κ1) is 16.1. The Balaban J connectivity index is 1.99. The number of aryl methyl sites for hydroxylation is 1. The van der Waals surface area contributed by atoms with Gasteiger partial charge < -0.3 is 14.7 Å². The van der Waals surface area contributed by atoms with Gasteiger partial charge in [0.2, 0.25) is 0 Å². The third kappa shape index (κ3) is 2.97. The Morgan fingerprint density at radius 1 is 1.21 bits per heavy atom. The van der Waals surface area contributed by atoms with Crippen molar-refractivity contribution >= 4 is 17.6 Å². The van der Waals surface area contributed by atoms with Crippen LogP contribution in [0.25, 0.3) is 0 Å². The molecule has 2 aromatic carbocycles. The monoisotopic (exact) mass is 325 g/mol. The van der Waals surface area contributed by atoms with Gasteiger partial charge in [-0.25, -0.2) is 4.79 Å². The Bertz CT molecular complexity index is 800. The molecule has 3 rings (SSSR count). The molecule has 1 aliphatic heterocycles. The predicted octanol–water partition coefficient (Wildman–Crippen LogP) is 3.26. The van der Waals surface area contributed by atoms with Crippen LogP contribution in [0.4, 0.5) is 5.69 Å². The number of hydrogen-bond donors (Lipinski definition) is 1. The average molecular weight is 325 g/mol. The van der Waals surface area contributed by atoms with E-state index in [1.165, 1.54) is 0 Å². The minimum absolute atomic E-state index is 0.128. The second kappa shape index (κ2) is 6.35. The molecular weight excluding hydrogens is 306 g/mol. The molecule has 24 heavy (non-hydrogen) atoms. The summed E-state index contributed by atoms with van der Waals surface area (Å²) in [6.45, 7) is 4.09. The van der Waals surface area contributed by atoms with Crippen molar-refractivity contribution in [1.82, 2.24) is 0 Å². The highest BCUT2D eigenvalue weighted by atomic mass is 16.5. The van der Waals surface area contributed by atoms with E-state index in [1.54, 1.807) is 30.0 Å². The van der Waals surface area contributed by atoms with Crippen molar-refractivity contribution in [3.05, 3.63) is 59.2 Å². The number of carbonyl (C=O) groups is 2. The number of nitrogens with zero attached hydrogens (tertiary/aromatic N) is 1. The van der Waals surface area contributed by atoms with Crippen LogP contribution in [0.2, 0.25) is 0 Å². The molecule has 5 heteroatoms. The summed E-state index contributed by atoms with van der Waals surface area (Å²) >= 11 is 0. The standard InChI is InChI=1S/C19H19NO4/c1-3-13-7-8-17-16(10-13)20(18(21)12(2)24-17)11-14-5-4-6-15(9-14)19(22)23/h4-10,12H,3,11H2,1-2H3,(H,22,23). The van der Waals surface area contributed by atoms with Gasteiger partial charge >= 0.3 is 5.97 Å². The van der Waals surface area contributed by atoms with Crippen molar-refractivity contribution in [3.8, 4) is 5.75 Å². The lowest BCUT2D eigenvalue weighted by Gasteiger charge is -2.33. The van der Waals surface area contributed by atoms with Crippen LogP contribution in [0.5, 0.6) is 5.75 Å². The topological polar surface area (TPSA) is 66.8 Å². The van der Waals surface area contributed by atoms with E-state index in [9.17, 15) is 9.59 Å². The van der Waals surface area contributed by atoms with Gasteiger partial charge in [0, 0.05) is 0 Å². The lowest BCUT2D eigenvalue weighted by molar-refractivity contribution is -0.125. The highest BCUT2D eigenvalue weighted by Gasteiger charge is 2.31. The quantitative estimate of drug-likeness (QED) is 0.937. The van der Waals surface area contributed by atoms with Crippen LogP contribution in [0.1, 0.15) is 35.3 Å². The molecule has 1 unspecified atom stereocenters. The van der Waals surface area contributed by atoms with Crippen molar-refractivity contribution in [3.63, 3.8) is 0 Å². The maximum absolute atomic E-state index is 12.6. The Hall–Kier alpha value is -2.82. The van der Waals surface area contributed by atoms with Gasteiger partial charge in [0.1, 0.15) is 5.75 Å². The lowest BCUT2D eigenvalue weighted by atomic mass is 10.1. The van der Waals surface area contributed by atoms with Crippen LogP contribution in [0.3, 0.4) is 0 Å². The first-order valence-corrected chi connectivity index (χ1v) is 7.92. The molecule has 0 saturated heterocycles. The van der Waals surface area contributed by atoms with Crippen LogP contribution in [0, 0.1) is 0 Å². The van der Waals surface area contributed by atoms with E-state index in [4.69, 9.17) is 9.84 Å². The number of carboxylic acid groups (broad SMARTS) is 1. The Morgan fingerprint density at radius 3 is 2.71 bits per heavy atom. The normalized spacial score (nSPS) is 16.5. The first-order chi connectivity index (χ1) is 11.5. The fourth-order valence-corrected chi connectivity index (χ4v) is 2.82. The molecule has 2 aromatic rings. The van der Waals surface area contributed by atoms with Crippen LogP contribution in [0.15, 0.2) is 42.5 Å². The summed E-state index contributed by atoms with van der Waals surface area (Å²) < 4.78 is 5.69. The zero-order chi connectivity index (χ0) is 17.3. The molecule has 1 N–H and O–H groups in total.